The molecule has 0 aromatic rings. The van der Waals surface area contributed by atoms with Crippen LogP contribution in [0.5, 0.6) is 0 Å². The second-order valence-electron chi connectivity index (χ2n) is 3.82. The molecule has 2 aliphatic heterocycles. The van der Waals surface area contributed by atoms with Crippen LogP contribution in [0.1, 0.15) is 12.8 Å². The fourth-order valence-electron chi connectivity index (χ4n) is 2.39. The molecule has 0 aliphatic carbocycles. The van der Waals surface area contributed by atoms with Gasteiger partial charge in [-0.25, -0.2) is 0 Å². The summed E-state index contributed by atoms with van der Waals surface area (Å²) < 4.78 is 5.31. The zero-order valence-electron chi connectivity index (χ0n) is 7.53. The predicted octanol–water partition coefficient (Wildman–Crippen LogP) is 0.0856. The molecule has 4 heteroatoms. The lowest BCUT2D eigenvalue weighted by molar-refractivity contribution is -0.147. The third-order valence-electron chi connectivity index (χ3n) is 3.11. The van der Waals surface area contributed by atoms with Crippen LogP contribution in [0.25, 0.3) is 0 Å². The van der Waals surface area contributed by atoms with E-state index in [0.29, 0.717) is 13.2 Å². The van der Waals surface area contributed by atoms with Gasteiger partial charge >= 0.3 is 5.97 Å². The van der Waals surface area contributed by atoms with Crippen LogP contribution >= 0.6 is 0 Å². The van der Waals surface area contributed by atoms with Crippen molar-refractivity contribution >= 4 is 5.97 Å². The lowest BCUT2D eigenvalue weighted by Gasteiger charge is -2.39. The highest BCUT2D eigenvalue weighted by Crippen LogP contribution is 2.29. The van der Waals surface area contributed by atoms with E-state index < -0.39 is 5.97 Å². The van der Waals surface area contributed by atoms with E-state index in [-0.39, 0.29) is 17.9 Å². The first-order valence-corrected chi connectivity index (χ1v) is 4.83. The highest BCUT2D eigenvalue weighted by molar-refractivity contribution is 5.70. The SMILES string of the molecule is O=C(O)C1CCNC2COCCC21. The highest BCUT2D eigenvalue weighted by atomic mass is 16.5. The minimum absolute atomic E-state index is 0.157. The average Bonchev–Trinajstić information content (AvgIpc) is 2.17. The number of aliphatic carboxylic acids is 1. The van der Waals surface area contributed by atoms with Gasteiger partial charge in [-0.2, -0.15) is 0 Å². The minimum Gasteiger partial charge on any atom is -0.481 e. The molecule has 0 amide bonds. The molecule has 0 bridgehead atoms. The topological polar surface area (TPSA) is 58.6 Å². The van der Waals surface area contributed by atoms with Crippen LogP contribution in [0.2, 0.25) is 0 Å². The fraction of sp³-hybridized carbons (Fsp3) is 0.889. The molecule has 0 aromatic carbocycles. The summed E-state index contributed by atoms with van der Waals surface area (Å²) in [7, 11) is 0. The number of carboxylic acid groups (broad SMARTS) is 1. The van der Waals surface area contributed by atoms with Crippen molar-refractivity contribution in [3.8, 4) is 0 Å². The quantitative estimate of drug-likeness (QED) is 0.607. The zero-order chi connectivity index (χ0) is 9.26. The number of nitrogens with one attached hydrogen (secondary N) is 1. The molecule has 0 saturated carbocycles. The Labute approximate surface area is 77.3 Å². The maximum absolute atomic E-state index is 10.9. The van der Waals surface area contributed by atoms with Gasteiger partial charge < -0.3 is 15.2 Å². The lowest BCUT2D eigenvalue weighted by Crippen LogP contribution is -2.53. The van der Waals surface area contributed by atoms with E-state index in [9.17, 15) is 4.79 Å². The highest BCUT2D eigenvalue weighted by Gasteiger charge is 2.38. The summed E-state index contributed by atoms with van der Waals surface area (Å²) in [4.78, 5) is 10.9. The van der Waals surface area contributed by atoms with E-state index in [0.717, 1.165) is 19.4 Å². The van der Waals surface area contributed by atoms with Gasteiger partial charge in [0, 0.05) is 12.6 Å². The number of rotatable bonds is 1. The van der Waals surface area contributed by atoms with E-state index in [2.05, 4.69) is 5.32 Å². The number of ether oxygens (including phenoxy) is 1. The molecule has 0 radical (unpaired) electrons. The van der Waals surface area contributed by atoms with E-state index >= 15 is 0 Å². The van der Waals surface area contributed by atoms with Gasteiger partial charge in [0.2, 0.25) is 0 Å². The van der Waals surface area contributed by atoms with E-state index in [1.807, 2.05) is 0 Å². The summed E-state index contributed by atoms with van der Waals surface area (Å²) in [5.41, 5.74) is 0. The van der Waals surface area contributed by atoms with Gasteiger partial charge in [0.05, 0.1) is 12.5 Å². The fourth-order valence-corrected chi connectivity index (χ4v) is 2.39. The molecule has 2 N–H and O–H groups in total. The number of hydrogen-bond acceptors (Lipinski definition) is 3. The van der Waals surface area contributed by atoms with E-state index in [1.165, 1.54) is 0 Å². The van der Waals surface area contributed by atoms with Crippen molar-refractivity contribution in [2.75, 3.05) is 19.8 Å². The Morgan fingerprint density at radius 2 is 2.31 bits per heavy atom. The number of hydrogen-bond donors (Lipinski definition) is 2. The van der Waals surface area contributed by atoms with Crippen molar-refractivity contribution in [2.45, 2.75) is 18.9 Å². The predicted molar refractivity (Wildman–Crippen MR) is 46.5 cm³/mol. The second-order valence-corrected chi connectivity index (χ2v) is 3.82. The molecular formula is C9H15NO3. The second kappa shape index (κ2) is 3.64. The number of fused-ring (bicyclic) bond motifs is 1. The summed E-state index contributed by atoms with van der Waals surface area (Å²) >= 11 is 0. The van der Waals surface area contributed by atoms with E-state index in [1.54, 1.807) is 0 Å². The van der Waals surface area contributed by atoms with Crippen LogP contribution in [0.4, 0.5) is 0 Å². The number of piperidine rings is 1. The Morgan fingerprint density at radius 3 is 3.08 bits per heavy atom. The number of carboxylic acids is 1. The van der Waals surface area contributed by atoms with Crippen molar-refractivity contribution < 1.29 is 14.6 Å². The monoisotopic (exact) mass is 185 g/mol. The Balaban J connectivity index is 2.06. The maximum Gasteiger partial charge on any atom is 0.306 e. The number of carbonyl (C=O) groups is 1. The van der Waals surface area contributed by atoms with Crippen molar-refractivity contribution in [1.82, 2.24) is 5.32 Å². The van der Waals surface area contributed by atoms with Crippen LogP contribution in [-0.2, 0) is 9.53 Å². The Bertz CT molecular complexity index is 205. The molecule has 0 aromatic heterocycles. The first-order chi connectivity index (χ1) is 6.29. The summed E-state index contributed by atoms with van der Waals surface area (Å²) in [6.07, 6.45) is 1.64. The van der Waals surface area contributed by atoms with Crippen LogP contribution in [0.15, 0.2) is 0 Å². The maximum atomic E-state index is 10.9. The average molecular weight is 185 g/mol. The molecule has 3 atom stereocenters. The third kappa shape index (κ3) is 1.69. The largest absolute Gasteiger partial charge is 0.481 e. The molecule has 3 unspecified atom stereocenters. The first kappa shape index (κ1) is 8.97. The summed E-state index contributed by atoms with van der Waals surface area (Å²) in [5, 5.41) is 12.3. The van der Waals surface area contributed by atoms with Gasteiger partial charge in [0.15, 0.2) is 0 Å². The Morgan fingerprint density at radius 1 is 1.46 bits per heavy atom. The van der Waals surface area contributed by atoms with Crippen molar-refractivity contribution in [1.29, 1.82) is 0 Å². The van der Waals surface area contributed by atoms with Crippen LogP contribution in [-0.4, -0.2) is 36.9 Å². The van der Waals surface area contributed by atoms with Gasteiger partial charge in [-0.3, -0.25) is 4.79 Å². The lowest BCUT2D eigenvalue weighted by atomic mass is 9.78. The van der Waals surface area contributed by atoms with Crippen LogP contribution < -0.4 is 5.32 Å². The summed E-state index contributed by atoms with van der Waals surface area (Å²) in [6, 6.07) is 0.267. The normalized spacial score (nSPS) is 39.5. The molecule has 2 heterocycles. The smallest absolute Gasteiger partial charge is 0.306 e. The first-order valence-electron chi connectivity index (χ1n) is 4.83. The van der Waals surface area contributed by atoms with E-state index in [4.69, 9.17) is 9.84 Å². The van der Waals surface area contributed by atoms with Crippen LogP contribution in [0, 0.1) is 11.8 Å². The Kier molecular flexibility index (Phi) is 2.51. The summed E-state index contributed by atoms with van der Waals surface area (Å²) in [6.45, 7) is 2.20. The molecule has 13 heavy (non-hydrogen) atoms. The van der Waals surface area contributed by atoms with Gasteiger partial charge in [-0.05, 0) is 25.3 Å². The minimum atomic E-state index is -0.640. The molecule has 0 spiro atoms. The molecule has 2 aliphatic rings. The molecule has 4 nitrogen and oxygen atoms in total. The molecule has 2 fully saturated rings. The zero-order valence-corrected chi connectivity index (χ0v) is 7.53. The van der Waals surface area contributed by atoms with Crippen molar-refractivity contribution in [3.63, 3.8) is 0 Å². The molecule has 74 valence electrons. The van der Waals surface area contributed by atoms with Crippen molar-refractivity contribution in [2.24, 2.45) is 11.8 Å². The molecule has 2 rings (SSSR count). The molecular weight excluding hydrogens is 170 g/mol. The molecule has 2 saturated heterocycles. The van der Waals surface area contributed by atoms with Crippen LogP contribution in [0.3, 0.4) is 0 Å². The van der Waals surface area contributed by atoms with Gasteiger partial charge in [-0.15, -0.1) is 0 Å². The van der Waals surface area contributed by atoms with Gasteiger partial charge in [0.25, 0.3) is 0 Å². The van der Waals surface area contributed by atoms with Gasteiger partial charge in [0.1, 0.15) is 0 Å². The summed E-state index contributed by atoms with van der Waals surface area (Å²) in [5.74, 6) is -0.520. The van der Waals surface area contributed by atoms with Crippen molar-refractivity contribution in [3.05, 3.63) is 0 Å². The Hall–Kier alpha value is -0.610. The standard InChI is InChI=1S/C9H15NO3/c11-9(12)7-1-3-10-8-5-13-4-2-6(7)8/h6-8,10H,1-5H2,(H,11,12). The van der Waals surface area contributed by atoms with Gasteiger partial charge in [-0.1, -0.05) is 0 Å². The third-order valence-corrected chi connectivity index (χ3v) is 3.11.